The van der Waals surface area contributed by atoms with Crippen molar-refractivity contribution < 1.29 is 8.42 Å². The Morgan fingerprint density at radius 2 is 1.67 bits per heavy atom. The van der Waals surface area contributed by atoms with E-state index in [1.54, 1.807) is 4.31 Å². The van der Waals surface area contributed by atoms with Crippen molar-refractivity contribution in [2.45, 2.75) is 6.54 Å². The first kappa shape index (κ1) is 14.2. The molecule has 100 valence electrons. The van der Waals surface area contributed by atoms with Crippen molar-refractivity contribution in [3.63, 3.8) is 0 Å². The second-order valence-corrected chi connectivity index (χ2v) is 7.79. The molecule has 0 atom stereocenters. The third kappa shape index (κ3) is 3.91. The van der Waals surface area contributed by atoms with E-state index in [1.807, 2.05) is 0 Å². The molecule has 0 aliphatic carbocycles. The summed E-state index contributed by atoms with van der Waals surface area (Å²) in [6, 6.07) is 8.46. The van der Waals surface area contributed by atoms with Gasteiger partial charge in [-0.25, -0.2) is 8.42 Å². The predicted molar refractivity (Wildman–Crippen MR) is 80.9 cm³/mol. The van der Waals surface area contributed by atoms with E-state index in [0.717, 1.165) is 19.6 Å². The fourth-order valence-electron chi connectivity index (χ4n) is 2.07. The molecular formula is C12H17IN2O2S. The molecule has 0 N–H and O–H groups in total. The van der Waals surface area contributed by atoms with E-state index in [0.29, 0.717) is 13.1 Å². The maximum absolute atomic E-state index is 11.4. The lowest BCUT2D eigenvalue weighted by Gasteiger charge is -2.33. The van der Waals surface area contributed by atoms with Crippen molar-refractivity contribution in [2.75, 3.05) is 32.4 Å². The molecule has 0 unspecified atom stereocenters. The summed E-state index contributed by atoms with van der Waals surface area (Å²) in [5.74, 6) is 0. The highest BCUT2D eigenvalue weighted by atomic mass is 127. The summed E-state index contributed by atoms with van der Waals surface area (Å²) in [6.07, 6.45) is 1.28. The largest absolute Gasteiger partial charge is 0.296 e. The Labute approximate surface area is 122 Å². The van der Waals surface area contributed by atoms with Crippen LogP contribution in [0.25, 0.3) is 0 Å². The van der Waals surface area contributed by atoms with Crippen LogP contribution in [0.1, 0.15) is 5.56 Å². The van der Waals surface area contributed by atoms with Crippen molar-refractivity contribution >= 4 is 32.6 Å². The maximum atomic E-state index is 11.4. The molecule has 1 aliphatic rings. The fourth-order valence-corrected chi connectivity index (χ4v) is 3.25. The van der Waals surface area contributed by atoms with Gasteiger partial charge in [-0.1, -0.05) is 12.1 Å². The van der Waals surface area contributed by atoms with E-state index in [9.17, 15) is 8.42 Å². The van der Waals surface area contributed by atoms with Gasteiger partial charge in [0.1, 0.15) is 0 Å². The number of rotatable bonds is 3. The second-order valence-electron chi connectivity index (χ2n) is 4.56. The van der Waals surface area contributed by atoms with Crippen LogP contribution in [-0.2, 0) is 16.6 Å². The van der Waals surface area contributed by atoms with Crippen LogP contribution in [-0.4, -0.2) is 50.1 Å². The lowest BCUT2D eigenvalue weighted by molar-refractivity contribution is 0.182. The smallest absolute Gasteiger partial charge is 0.211 e. The van der Waals surface area contributed by atoms with Gasteiger partial charge in [0.25, 0.3) is 0 Å². The van der Waals surface area contributed by atoms with Gasteiger partial charge in [0, 0.05) is 36.3 Å². The SMILES string of the molecule is CS(=O)(=O)N1CCN(Cc2ccc(I)cc2)CC1. The average Bonchev–Trinajstić information content (AvgIpc) is 2.32. The maximum Gasteiger partial charge on any atom is 0.211 e. The summed E-state index contributed by atoms with van der Waals surface area (Å²) in [4.78, 5) is 2.30. The molecule has 0 bridgehead atoms. The van der Waals surface area contributed by atoms with Gasteiger partial charge in [0.15, 0.2) is 0 Å². The molecule has 0 amide bonds. The monoisotopic (exact) mass is 380 g/mol. The molecule has 0 radical (unpaired) electrons. The number of hydrogen-bond acceptors (Lipinski definition) is 3. The zero-order valence-electron chi connectivity index (χ0n) is 10.3. The van der Waals surface area contributed by atoms with Gasteiger partial charge in [0.2, 0.25) is 10.0 Å². The first-order valence-corrected chi connectivity index (χ1v) is 8.80. The van der Waals surface area contributed by atoms with E-state index < -0.39 is 10.0 Å². The fraction of sp³-hybridized carbons (Fsp3) is 0.500. The Hall–Kier alpha value is -0.180. The first-order valence-electron chi connectivity index (χ1n) is 5.87. The number of piperazine rings is 1. The molecule has 1 aromatic rings. The zero-order chi connectivity index (χ0) is 13.2. The molecule has 0 saturated carbocycles. The summed E-state index contributed by atoms with van der Waals surface area (Å²) in [6.45, 7) is 3.71. The third-order valence-corrected chi connectivity index (χ3v) is 5.14. The molecule has 1 aliphatic heterocycles. The second kappa shape index (κ2) is 5.85. The Bertz CT molecular complexity index is 493. The Morgan fingerprint density at radius 1 is 1.11 bits per heavy atom. The Balaban J connectivity index is 1.89. The van der Waals surface area contributed by atoms with Crippen molar-refractivity contribution in [1.29, 1.82) is 0 Å². The number of halogens is 1. The van der Waals surface area contributed by atoms with Crippen LogP contribution in [0.3, 0.4) is 0 Å². The first-order chi connectivity index (χ1) is 8.45. The predicted octanol–water partition coefficient (Wildman–Crippen LogP) is 1.37. The molecule has 1 saturated heterocycles. The molecule has 0 spiro atoms. The van der Waals surface area contributed by atoms with Crippen LogP contribution < -0.4 is 0 Å². The van der Waals surface area contributed by atoms with Crippen molar-refractivity contribution in [3.05, 3.63) is 33.4 Å². The number of benzene rings is 1. The molecule has 0 aromatic heterocycles. The van der Waals surface area contributed by atoms with Gasteiger partial charge < -0.3 is 0 Å². The van der Waals surface area contributed by atoms with E-state index in [2.05, 4.69) is 51.8 Å². The van der Waals surface area contributed by atoms with E-state index in [4.69, 9.17) is 0 Å². The molecule has 2 rings (SSSR count). The van der Waals surface area contributed by atoms with Crippen molar-refractivity contribution in [3.8, 4) is 0 Å². The zero-order valence-corrected chi connectivity index (χ0v) is 13.3. The molecule has 18 heavy (non-hydrogen) atoms. The molecule has 6 heteroatoms. The summed E-state index contributed by atoms with van der Waals surface area (Å²) < 4.78 is 25.6. The topological polar surface area (TPSA) is 40.6 Å². The lowest BCUT2D eigenvalue weighted by atomic mass is 10.2. The molecular weight excluding hydrogens is 363 g/mol. The number of nitrogens with zero attached hydrogens (tertiary/aromatic N) is 2. The third-order valence-electron chi connectivity index (χ3n) is 3.12. The van der Waals surface area contributed by atoms with Crippen LogP contribution in [0.2, 0.25) is 0 Å². The number of hydrogen-bond donors (Lipinski definition) is 0. The van der Waals surface area contributed by atoms with E-state index in [1.165, 1.54) is 15.4 Å². The number of sulfonamides is 1. The van der Waals surface area contributed by atoms with E-state index >= 15 is 0 Å². The Morgan fingerprint density at radius 3 is 2.17 bits per heavy atom. The summed E-state index contributed by atoms with van der Waals surface area (Å²) in [5.41, 5.74) is 1.28. The molecule has 1 aromatic carbocycles. The summed E-state index contributed by atoms with van der Waals surface area (Å²) in [5, 5.41) is 0. The van der Waals surface area contributed by atoms with Crippen LogP contribution in [0.15, 0.2) is 24.3 Å². The van der Waals surface area contributed by atoms with Crippen LogP contribution in [0.5, 0.6) is 0 Å². The van der Waals surface area contributed by atoms with Gasteiger partial charge in [-0.3, -0.25) is 4.90 Å². The molecule has 1 fully saturated rings. The van der Waals surface area contributed by atoms with Gasteiger partial charge >= 0.3 is 0 Å². The normalized spacial score (nSPS) is 19.0. The minimum Gasteiger partial charge on any atom is -0.296 e. The standard InChI is InChI=1S/C12H17IN2O2S/c1-18(16,17)15-8-6-14(7-9-15)10-11-2-4-12(13)5-3-11/h2-5H,6-10H2,1H3. The van der Waals surface area contributed by atoms with Gasteiger partial charge in [-0.2, -0.15) is 4.31 Å². The lowest BCUT2D eigenvalue weighted by Crippen LogP contribution is -2.47. The van der Waals surface area contributed by atoms with Crippen molar-refractivity contribution in [2.24, 2.45) is 0 Å². The summed E-state index contributed by atoms with van der Waals surface area (Å²) >= 11 is 2.29. The molecule has 4 nitrogen and oxygen atoms in total. The minimum absolute atomic E-state index is 0.600. The van der Waals surface area contributed by atoms with Gasteiger partial charge in [-0.15, -0.1) is 0 Å². The highest BCUT2D eigenvalue weighted by Gasteiger charge is 2.23. The molecule has 1 heterocycles. The Kier molecular flexibility index (Phi) is 4.63. The van der Waals surface area contributed by atoms with Crippen LogP contribution >= 0.6 is 22.6 Å². The van der Waals surface area contributed by atoms with Gasteiger partial charge in [-0.05, 0) is 40.3 Å². The van der Waals surface area contributed by atoms with Crippen molar-refractivity contribution in [1.82, 2.24) is 9.21 Å². The summed E-state index contributed by atoms with van der Waals surface area (Å²) in [7, 11) is -3.02. The van der Waals surface area contributed by atoms with Crippen LogP contribution in [0, 0.1) is 3.57 Å². The van der Waals surface area contributed by atoms with E-state index in [-0.39, 0.29) is 0 Å². The van der Waals surface area contributed by atoms with Gasteiger partial charge in [0.05, 0.1) is 6.26 Å². The minimum atomic E-state index is -3.02. The highest BCUT2D eigenvalue weighted by Crippen LogP contribution is 2.12. The quantitative estimate of drug-likeness (QED) is 0.744. The highest BCUT2D eigenvalue weighted by molar-refractivity contribution is 14.1. The average molecular weight is 380 g/mol. The van der Waals surface area contributed by atoms with Crippen LogP contribution in [0.4, 0.5) is 0 Å².